The topological polar surface area (TPSA) is 21.3 Å². The van der Waals surface area contributed by atoms with E-state index in [-0.39, 0.29) is 5.82 Å². The van der Waals surface area contributed by atoms with E-state index in [0.29, 0.717) is 12.0 Å². The summed E-state index contributed by atoms with van der Waals surface area (Å²) in [4.78, 5) is 1.11. The summed E-state index contributed by atoms with van der Waals surface area (Å²) in [5.74, 6) is 1.37. The van der Waals surface area contributed by atoms with Crippen LogP contribution in [0, 0.1) is 11.7 Å². The van der Waals surface area contributed by atoms with Gasteiger partial charge in [-0.25, -0.2) is 4.39 Å². The minimum atomic E-state index is -0.180. The quantitative estimate of drug-likeness (QED) is 0.701. The Balaban J connectivity index is 2.46. The molecule has 4 heteroatoms. The molecule has 0 radical (unpaired) electrons. The number of methoxy groups -OCH3 is 1. The van der Waals surface area contributed by atoms with E-state index in [9.17, 15) is 4.39 Å². The minimum Gasteiger partial charge on any atom is -0.385 e. The maximum absolute atomic E-state index is 12.8. The molecule has 1 N–H and O–H groups in total. The highest BCUT2D eigenvalue weighted by Gasteiger charge is 2.16. The second-order valence-electron chi connectivity index (χ2n) is 4.69. The predicted octanol–water partition coefficient (Wildman–Crippen LogP) is 3.57. The Labute approximate surface area is 120 Å². The molecule has 0 bridgehead atoms. The number of hydrogen-bond donors (Lipinski definition) is 1. The standard InChI is InChI=1S/C15H24FNOS/c1-4-17-15(12(2)9-10-18-3)11-19-14-7-5-13(16)6-8-14/h5-8,12,15,17H,4,9-11H2,1-3H3. The molecular weight excluding hydrogens is 261 g/mol. The van der Waals surface area contributed by atoms with Crippen LogP contribution in [0.3, 0.4) is 0 Å². The van der Waals surface area contributed by atoms with Crippen molar-refractivity contribution in [2.45, 2.75) is 31.2 Å². The monoisotopic (exact) mass is 285 g/mol. The fourth-order valence-corrected chi connectivity index (χ4v) is 3.06. The van der Waals surface area contributed by atoms with Crippen molar-refractivity contribution >= 4 is 11.8 Å². The molecule has 1 rings (SSSR count). The van der Waals surface area contributed by atoms with Crippen LogP contribution in [0.2, 0.25) is 0 Å². The Morgan fingerprint density at radius 1 is 1.32 bits per heavy atom. The third-order valence-corrected chi connectivity index (χ3v) is 4.30. The number of nitrogens with one attached hydrogen (secondary N) is 1. The molecule has 0 aliphatic rings. The molecule has 1 aromatic carbocycles. The first-order valence-corrected chi connectivity index (χ1v) is 7.76. The molecule has 0 spiro atoms. The van der Waals surface area contributed by atoms with Crippen LogP contribution in [0.4, 0.5) is 4.39 Å². The summed E-state index contributed by atoms with van der Waals surface area (Å²) in [6, 6.07) is 7.15. The van der Waals surface area contributed by atoms with E-state index in [1.165, 1.54) is 12.1 Å². The molecule has 0 fully saturated rings. The third kappa shape index (κ3) is 6.41. The Morgan fingerprint density at radius 2 is 2.00 bits per heavy atom. The fraction of sp³-hybridized carbons (Fsp3) is 0.600. The summed E-state index contributed by atoms with van der Waals surface area (Å²) in [5, 5.41) is 3.52. The zero-order valence-electron chi connectivity index (χ0n) is 12.0. The number of halogens is 1. The summed E-state index contributed by atoms with van der Waals surface area (Å²) >= 11 is 1.77. The van der Waals surface area contributed by atoms with Gasteiger partial charge in [0.2, 0.25) is 0 Å². The highest BCUT2D eigenvalue weighted by Crippen LogP contribution is 2.22. The van der Waals surface area contributed by atoms with Gasteiger partial charge in [-0.1, -0.05) is 13.8 Å². The average Bonchev–Trinajstić information content (AvgIpc) is 2.42. The summed E-state index contributed by atoms with van der Waals surface area (Å²) in [6.07, 6.45) is 1.05. The van der Waals surface area contributed by atoms with Gasteiger partial charge in [0.25, 0.3) is 0 Å². The maximum atomic E-state index is 12.8. The molecule has 0 heterocycles. The van der Waals surface area contributed by atoms with Crippen molar-refractivity contribution in [3.63, 3.8) is 0 Å². The maximum Gasteiger partial charge on any atom is 0.123 e. The van der Waals surface area contributed by atoms with Crippen molar-refractivity contribution in [3.05, 3.63) is 30.1 Å². The van der Waals surface area contributed by atoms with Gasteiger partial charge in [0, 0.05) is 30.4 Å². The van der Waals surface area contributed by atoms with Crippen LogP contribution in [0.5, 0.6) is 0 Å². The highest BCUT2D eigenvalue weighted by atomic mass is 32.2. The van der Waals surface area contributed by atoms with Crippen LogP contribution in [0.25, 0.3) is 0 Å². The number of rotatable bonds is 9. The van der Waals surface area contributed by atoms with Gasteiger partial charge in [0.15, 0.2) is 0 Å². The molecule has 0 amide bonds. The molecule has 0 aliphatic heterocycles. The van der Waals surface area contributed by atoms with Gasteiger partial charge in [0.05, 0.1) is 0 Å². The van der Waals surface area contributed by atoms with Crippen molar-refractivity contribution in [1.82, 2.24) is 5.32 Å². The first-order valence-electron chi connectivity index (χ1n) is 6.78. The van der Waals surface area contributed by atoms with Gasteiger partial charge in [-0.05, 0) is 43.1 Å². The fourth-order valence-electron chi connectivity index (χ4n) is 1.91. The zero-order chi connectivity index (χ0) is 14.1. The lowest BCUT2D eigenvalue weighted by molar-refractivity contribution is 0.172. The first-order chi connectivity index (χ1) is 9.17. The summed E-state index contributed by atoms with van der Waals surface area (Å²) in [6.45, 7) is 6.13. The predicted molar refractivity (Wildman–Crippen MR) is 80.2 cm³/mol. The number of thioether (sulfide) groups is 1. The van der Waals surface area contributed by atoms with Gasteiger partial charge in [0.1, 0.15) is 5.82 Å². The van der Waals surface area contributed by atoms with Gasteiger partial charge >= 0.3 is 0 Å². The number of ether oxygens (including phenoxy) is 1. The molecule has 0 aliphatic carbocycles. The lowest BCUT2D eigenvalue weighted by atomic mass is 10.0. The molecule has 19 heavy (non-hydrogen) atoms. The minimum absolute atomic E-state index is 0.180. The molecule has 0 saturated carbocycles. The van der Waals surface area contributed by atoms with E-state index >= 15 is 0 Å². The molecule has 0 saturated heterocycles. The molecular formula is C15H24FNOS. The summed E-state index contributed by atoms with van der Waals surface area (Å²) < 4.78 is 18.0. The van der Waals surface area contributed by atoms with E-state index in [2.05, 4.69) is 19.2 Å². The lowest BCUT2D eigenvalue weighted by Crippen LogP contribution is -2.37. The molecule has 2 unspecified atom stereocenters. The smallest absolute Gasteiger partial charge is 0.123 e. The Kier molecular flexibility index (Phi) is 8.10. The molecule has 2 nitrogen and oxygen atoms in total. The summed E-state index contributed by atoms with van der Waals surface area (Å²) in [5.41, 5.74) is 0. The van der Waals surface area contributed by atoms with E-state index in [4.69, 9.17) is 4.74 Å². The van der Waals surface area contributed by atoms with Crippen molar-refractivity contribution in [3.8, 4) is 0 Å². The van der Waals surface area contributed by atoms with Gasteiger partial charge in [-0.15, -0.1) is 11.8 Å². The molecule has 1 aromatic rings. The van der Waals surface area contributed by atoms with Crippen LogP contribution >= 0.6 is 11.8 Å². The lowest BCUT2D eigenvalue weighted by Gasteiger charge is -2.24. The van der Waals surface area contributed by atoms with Crippen molar-refractivity contribution in [2.75, 3.05) is 26.0 Å². The van der Waals surface area contributed by atoms with Crippen LogP contribution in [0.15, 0.2) is 29.2 Å². The van der Waals surface area contributed by atoms with Crippen LogP contribution in [-0.4, -0.2) is 32.1 Å². The number of hydrogen-bond acceptors (Lipinski definition) is 3. The zero-order valence-corrected chi connectivity index (χ0v) is 12.8. The average molecular weight is 285 g/mol. The first kappa shape index (κ1) is 16.5. The molecule has 2 atom stereocenters. The Bertz CT molecular complexity index is 345. The second kappa shape index (κ2) is 9.34. The Morgan fingerprint density at radius 3 is 2.58 bits per heavy atom. The van der Waals surface area contributed by atoms with Crippen LogP contribution < -0.4 is 5.32 Å². The third-order valence-electron chi connectivity index (χ3n) is 3.17. The van der Waals surface area contributed by atoms with Crippen molar-refractivity contribution in [1.29, 1.82) is 0 Å². The van der Waals surface area contributed by atoms with E-state index in [0.717, 1.165) is 30.2 Å². The largest absolute Gasteiger partial charge is 0.385 e. The van der Waals surface area contributed by atoms with Crippen LogP contribution in [0.1, 0.15) is 20.3 Å². The van der Waals surface area contributed by atoms with Gasteiger partial charge in [-0.3, -0.25) is 0 Å². The van der Waals surface area contributed by atoms with Gasteiger partial charge in [-0.2, -0.15) is 0 Å². The molecule has 0 aromatic heterocycles. The van der Waals surface area contributed by atoms with E-state index < -0.39 is 0 Å². The number of benzene rings is 1. The van der Waals surface area contributed by atoms with Crippen LogP contribution in [-0.2, 0) is 4.74 Å². The normalized spacial score (nSPS) is 14.3. The van der Waals surface area contributed by atoms with E-state index in [1.807, 2.05) is 12.1 Å². The second-order valence-corrected chi connectivity index (χ2v) is 5.78. The Hall–Kier alpha value is -0.580. The van der Waals surface area contributed by atoms with Gasteiger partial charge < -0.3 is 10.1 Å². The van der Waals surface area contributed by atoms with Crippen molar-refractivity contribution in [2.24, 2.45) is 5.92 Å². The molecule has 108 valence electrons. The SMILES string of the molecule is CCNC(CSc1ccc(F)cc1)C(C)CCOC. The summed E-state index contributed by atoms with van der Waals surface area (Å²) in [7, 11) is 1.74. The highest BCUT2D eigenvalue weighted by molar-refractivity contribution is 7.99. The van der Waals surface area contributed by atoms with Crippen molar-refractivity contribution < 1.29 is 9.13 Å². The van der Waals surface area contributed by atoms with E-state index in [1.54, 1.807) is 18.9 Å².